The van der Waals surface area contributed by atoms with Gasteiger partial charge in [0.2, 0.25) is 0 Å². The Morgan fingerprint density at radius 2 is 2.07 bits per heavy atom. The van der Waals surface area contributed by atoms with E-state index >= 15 is 0 Å². The zero-order valence-electron chi connectivity index (χ0n) is 8.94. The second-order valence-electron chi connectivity index (χ2n) is 4.17. The van der Waals surface area contributed by atoms with Crippen molar-refractivity contribution in [2.45, 2.75) is 25.4 Å². The number of hydrogen-bond acceptors (Lipinski definition) is 3. The fourth-order valence-corrected chi connectivity index (χ4v) is 1.78. The van der Waals surface area contributed by atoms with Crippen molar-refractivity contribution in [2.24, 2.45) is 0 Å². The summed E-state index contributed by atoms with van der Waals surface area (Å²) >= 11 is 0. The van der Waals surface area contributed by atoms with Gasteiger partial charge in [0.15, 0.2) is 0 Å². The Bertz CT molecular complexity index is 306. The predicted octanol–water partition coefficient (Wildman–Crippen LogP) is 1.31. The SMILES string of the molecule is CC(Cc1ccc(O)cc1)NC1COC1. The van der Waals surface area contributed by atoms with E-state index in [1.54, 1.807) is 12.1 Å². The van der Waals surface area contributed by atoms with Crippen molar-refractivity contribution in [3.05, 3.63) is 29.8 Å². The van der Waals surface area contributed by atoms with Gasteiger partial charge in [-0.25, -0.2) is 0 Å². The Balaban J connectivity index is 1.82. The van der Waals surface area contributed by atoms with E-state index in [4.69, 9.17) is 9.84 Å². The van der Waals surface area contributed by atoms with E-state index in [-0.39, 0.29) is 0 Å². The molecule has 3 heteroatoms. The molecule has 0 radical (unpaired) electrons. The van der Waals surface area contributed by atoms with Crippen molar-refractivity contribution >= 4 is 0 Å². The zero-order valence-corrected chi connectivity index (χ0v) is 8.94. The van der Waals surface area contributed by atoms with Gasteiger partial charge < -0.3 is 15.2 Å². The normalized spacial score (nSPS) is 18.5. The van der Waals surface area contributed by atoms with Crippen molar-refractivity contribution < 1.29 is 9.84 Å². The Labute approximate surface area is 90.1 Å². The van der Waals surface area contributed by atoms with Crippen molar-refractivity contribution in [3.63, 3.8) is 0 Å². The van der Waals surface area contributed by atoms with Gasteiger partial charge in [-0.1, -0.05) is 12.1 Å². The van der Waals surface area contributed by atoms with Crippen LogP contribution in [0.5, 0.6) is 5.75 Å². The molecule has 82 valence electrons. The number of benzene rings is 1. The molecule has 3 nitrogen and oxygen atoms in total. The van der Waals surface area contributed by atoms with Gasteiger partial charge in [0, 0.05) is 6.04 Å². The summed E-state index contributed by atoms with van der Waals surface area (Å²) in [6.45, 7) is 3.84. The number of rotatable bonds is 4. The number of ether oxygens (including phenoxy) is 1. The summed E-state index contributed by atoms with van der Waals surface area (Å²) in [5.41, 5.74) is 1.24. The fraction of sp³-hybridized carbons (Fsp3) is 0.500. The number of aromatic hydroxyl groups is 1. The molecule has 0 spiro atoms. The van der Waals surface area contributed by atoms with E-state index in [0.29, 0.717) is 17.8 Å². The largest absolute Gasteiger partial charge is 0.508 e. The monoisotopic (exact) mass is 207 g/mol. The van der Waals surface area contributed by atoms with Gasteiger partial charge in [-0.2, -0.15) is 0 Å². The molecule has 15 heavy (non-hydrogen) atoms. The van der Waals surface area contributed by atoms with Crippen LogP contribution in [0.2, 0.25) is 0 Å². The van der Waals surface area contributed by atoms with Crippen LogP contribution in [0.25, 0.3) is 0 Å². The highest BCUT2D eigenvalue weighted by molar-refractivity contribution is 5.26. The maximum atomic E-state index is 9.15. The van der Waals surface area contributed by atoms with E-state index in [1.807, 2.05) is 12.1 Å². The van der Waals surface area contributed by atoms with Crippen LogP contribution in [-0.4, -0.2) is 30.4 Å². The molecule has 1 aliphatic rings. The Morgan fingerprint density at radius 3 is 2.60 bits per heavy atom. The maximum absolute atomic E-state index is 9.15. The van der Waals surface area contributed by atoms with Crippen LogP contribution in [0.15, 0.2) is 24.3 Å². The van der Waals surface area contributed by atoms with Crippen LogP contribution in [-0.2, 0) is 11.2 Å². The first-order valence-electron chi connectivity index (χ1n) is 5.36. The molecule has 1 fully saturated rings. The van der Waals surface area contributed by atoms with E-state index in [0.717, 1.165) is 19.6 Å². The van der Waals surface area contributed by atoms with Gasteiger partial charge >= 0.3 is 0 Å². The minimum Gasteiger partial charge on any atom is -0.508 e. The summed E-state index contributed by atoms with van der Waals surface area (Å²) in [5.74, 6) is 0.326. The van der Waals surface area contributed by atoms with Crippen LogP contribution in [0, 0.1) is 0 Å². The van der Waals surface area contributed by atoms with E-state index in [9.17, 15) is 0 Å². The second kappa shape index (κ2) is 4.64. The summed E-state index contributed by atoms with van der Waals surface area (Å²) in [6.07, 6.45) is 0.983. The second-order valence-corrected chi connectivity index (χ2v) is 4.17. The summed E-state index contributed by atoms with van der Waals surface area (Å²) in [5, 5.41) is 12.6. The van der Waals surface area contributed by atoms with Crippen molar-refractivity contribution in [3.8, 4) is 5.75 Å². The Kier molecular flexibility index (Phi) is 3.23. The first-order valence-corrected chi connectivity index (χ1v) is 5.36. The lowest BCUT2D eigenvalue weighted by Crippen LogP contribution is -2.50. The van der Waals surface area contributed by atoms with Gasteiger partial charge in [0.05, 0.1) is 19.3 Å². The highest BCUT2D eigenvalue weighted by Gasteiger charge is 2.19. The molecular weight excluding hydrogens is 190 g/mol. The lowest BCUT2D eigenvalue weighted by molar-refractivity contribution is -0.00908. The fourth-order valence-electron chi connectivity index (χ4n) is 1.78. The van der Waals surface area contributed by atoms with Crippen LogP contribution in [0.4, 0.5) is 0 Å². The highest BCUT2D eigenvalue weighted by atomic mass is 16.5. The molecule has 1 unspecified atom stereocenters. The van der Waals surface area contributed by atoms with E-state index < -0.39 is 0 Å². The number of phenols is 1. The Morgan fingerprint density at radius 1 is 1.40 bits per heavy atom. The third-order valence-electron chi connectivity index (χ3n) is 2.64. The molecule has 2 rings (SSSR count). The molecule has 1 saturated heterocycles. The number of phenolic OH excluding ortho intramolecular Hbond substituents is 1. The zero-order chi connectivity index (χ0) is 10.7. The summed E-state index contributed by atoms with van der Waals surface area (Å²) in [4.78, 5) is 0. The van der Waals surface area contributed by atoms with Gasteiger partial charge in [0.25, 0.3) is 0 Å². The smallest absolute Gasteiger partial charge is 0.115 e. The maximum Gasteiger partial charge on any atom is 0.115 e. The van der Waals surface area contributed by atoms with Crippen molar-refractivity contribution in [1.29, 1.82) is 0 Å². The minimum absolute atomic E-state index is 0.326. The number of nitrogens with one attached hydrogen (secondary N) is 1. The van der Waals surface area contributed by atoms with Crippen LogP contribution < -0.4 is 5.32 Å². The third-order valence-corrected chi connectivity index (χ3v) is 2.64. The van der Waals surface area contributed by atoms with Crippen LogP contribution >= 0.6 is 0 Å². The molecule has 0 aliphatic carbocycles. The molecular formula is C12H17NO2. The average molecular weight is 207 g/mol. The highest BCUT2D eigenvalue weighted by Crippen LogP contribution is 2.12. The third kappa shape index (κ3) is 2.94. The summed E-state index contributed by atoms with van der Waals surface area (Å²) < 4.78 is 5.11. The van der Waals surface area contributed by atoms with Gasteiger partial charge in [-0.3, -0.25) is 0 Å². The van der Waals surface area contributed by atoms with Crippen molar-refractivity contribution in [1.82, 2.24) is 5.32 Å². The molecule has 0 saturated carbocycles. The molecule has 1 heterocycles. The lowest BCUT2D eigenvalue weighted by atomic mass is 10.1. The molecule has 1 atom stereocenters. The van der Waals surface area contributed by atoms with Crippen molar-refractivity contribution in [2.75, 3.05) is 13.2 Å². The standard InChI is InChI=1S/C12H17NO2/c1-9(13-11-7-15-8-11)6-10-2-4-12(14)5-3-10/h2-5,9,11,13-14H,6-8H2,1H3. The Hall–Kier alpha value is -1.06. The minimum atomic E-state index is 0.326. The first-order chi connectivity index (χ1) is 7.24. The van der Waals surface area contributed by atoms with Gasteiger partial charge in [-0.05, 0) is 31.0 Å². The topological polar surface area (TPSA) is 41.5 Å². The quantitative estimate of drug-likeness (QED) is 0.782. The summed E-state index contributed by atoms with van der Waals surface area (Å²) in [7, 11) is 0. The lowest BCUT2D eigenvalue weighted by Gasteiger charge is -2.30. The van der Waals surface area contributed by atoms with E-state index in [1.165, 1.54) is 5.56 Å². The molecule has 1 aromatic rings. The molecule has 0 bridgehead atoms. The van der Waals surface area contributed by atoms with Gasteiger partial charge in [-0.15, -0.1) is 0 Å². The summed E-state index contributed by atoms with van der Waals surface area (Å²) in [6, 6.07) is 8.36. The van der Waals surface area contributed by atoms with Crippen LogP contribution in [0.3, 0.4) is 0 Å². The molecule has 0 amide bonds. The molecule has 0 aromatic heterocycles. The first kappa shape index (κ1) is 10.5. The van der Waals surface area contributed by atoms with Gasteiger partial charge in [0.1, 0.15) is 5.75 Å². The predicted molar refractivity (Wildman–Crippen MR) is 59.0 cm³/mol. The molecule has 1 aromatic carbocycles. The number of hydrogen-bond donors (Lipinski definition) is 2. The average Bonchev–Trinajstić information content (AvgIpc) is 2.16. The van der Waals surface area contributed by atoms with Crippen LogP contribution in [0.1, 0.15) is 12.5 Å². The molecule has 2 N–H and O–H groups in total. The van der Waals surface area contributed by atoms with E-state index in [2.05, 4.69) is 12.2 Å². The molecule has 1 aliphatic heterocycles.